The highest BCUT2D eigenvalue weighted by Gasteiger charge is 2.20. The molecule has 1 aromatic rings. The third-order valence-corrected chi connectivity index (χ3v) is 4.27. The lowest BCUT2D eigenvalue weighted by atomic mass is 9.95. The minimum Gasteiger partial charge on any atom is -0.496 e. The number of rotatable bonds is 4. The largest absolute Gasteiger partial charge is 0.496 e. The van der Waals surface area contributed by atoms with E-state index >= 15 is 0 Å². The number of nitrogens with one attached hydrogen (secondary N) is 1. The molecule has 0 aromatic heterocycles. The molecule has 1 atom stereocenters. The fraction of sp³-hybridized carbons (Fsp3) is 0.625. The van der Waals surface area contributed by atoms with Crippen molar-refractivity contribution in [2.24, 2.45) is 0 Å². The van der Waals surface area contributed by atoms with E-state index in [9.17, 15) is 5.11 Å². The molecular weight excluding hydrogens is 252 g/mol. The number of β-amino-alcohol motifs (C(OH)–C–C–N with tert-alkyl or cyclic N) is 1. The second kappa shape index (κ2) is 6.57. The van der Waals surface area contributed by atoms with Crippen LogP contribution < -0.4 is 10.1 Å². The molecule has 1 saturated heterocycles. The molecule has 1 heterocycles. The number of aliphatic hydroxyl groups excluding tert-OH is 1. The number of methoxy groups -OCH3 is 1. The van der Waals surface area contributed by atoms with Gasteiger partial charge in [0.15, 0.2) is 0 Å². The normalized spacial score (nSPS) is 18.1. The molecule has 2 N–H and O–H groups in total. The second-order valence-electron chi connectivity index (χ2n) is 5.63. The number of aliphatic hydroxyl groups is 1. The van der Waals surface area contributed by atoms with Crippen molar-refractivity contribution in [3.8, 4) is 5.75 Å². The highest BCUT2D eigenvalue weighted by molar-refractivity contribution is 5.49. The fourth-order valence-corrected chi connectivity index (χ4v) is 2.99. The standard InChI is InChI=1S/C16H26N2O2/c1-11-9-14(12(2)13(3)16(11)20-4)15(19)10-18-7-5-17-6-8-18/h9,15,17,19H,5-8,10H2,1-4H3. The third-order valence-electron chi connectivity index (χ3n) is 4.27. The minimum atomic E-state index is -0.434. The Bertz CT molecular complexity index is 468. The van der Waals surface area contributed by atoms with Crippen LogP contribution in [0.5, 0.6) is 5.75 Å². The van der Waals surface area contributed by atoms with Gasteiger partial charge < -0.3 is 15.2 Å². The van der Waals surface area contributed by atoms with Crippen LogP contribution >= 0.6 is 0 Å². The van der Waals surface area contributed by atoms with Crippen LogP contribution in [0.15, 0.2) is 6.07 Å². The molecule has 0 bridgehead atoms. The molecule has 4 nitrogen and oxygen atoms in total. The van der Waals surface area contributed by atoms with E-state index in [1.807, 2.05) is 6.92 Å². The summed E-state index contributed by atoms with van der Waals surface area (Å²) in [4.78, 5) is 2.31. The van der Waals surface area contributed by atoms with Crippen molar-refractivity contribution in [3.63, 3.8) is 0 Å². The Labute approximate surface area is 121 Å². The van der Waals surface area contributed by atoms with E-state index in [0.29, 0.717) is 6.54 Å². The molecule has 0 radical (unpaired) electrons. The summed E-state index contributed by atoms with van der Waals surface area (Å²) in [6, 6.07) is 2.06. The van der Waals surface area contributed by atoms with Gasteiger partial charge in [0.05, 0.1) is 13.2 Å². The molecule has 0 spiro atoms. The van der Waals surface area contributed by atoms with Gasteiger partial charge in [0.25, 0.3) is 0 Å². The topological polar surface area (TPSA) is 44.7 Å². The van der Waals surface area contributed by atoms with Crippen LogP contribution in [0.4, 0.5) is 0 Å². The molecule has 112 valence electrons. The van der Waals surface area contributed by atoms with Crippen LogP contribution in [0.1, 0.15) is 28.4 Å². The molecule has 4 heteroatoms. The van der Waals surface area contributed by atoms with Gasteiger partial charge in [-0.25, -0.2) is 0 Å². The number of nitrogens with zero attached hydrogens (tertiary/aromatic N) is 1. The first-order valence-electron chi connectivity index (χ1n) is 7.30. The van der Waals surface area contributed by atoms with Crippen molar-refractivity contribution in [2.45, 2.75) is 26.9 Å². The quantitative estimate of drug-likeness (QED) is 0.877. The Hall–Kier alpha value is -1.10. The van der Waals surface area contributed by atoms with Crippen LogP contribution in [0.3, 0.4) is 0 Å². The number of piperazine rings is 1. The first kappa shape index (κ1) is 15.3. The summed E-state index contributed by atoms with van der Waals surface area (Å²) in [5.41, 5.74) is 4.38. The lowest BCUT2D eigenvalue weighted by Crippen LogP contribution is -2.45. The van der Waals surface area contributed by atoms with E-state index in [4.69, 9.17) is 4.74 Å². The van der Waals surface area contributed by atoms with Crippen LogP contribution in [0.25, 0.3) is 0 Å². The molecule has 1 aliphatic rings. The number of benzene rings is 1. The maximum atomic E-state index is 10.6. The summed E-state index contributed by atoms with van der Waals surface area (Å²) in [5, 5.41) is 13.9. The van der Waals surface area contributed by atoms with Crippen LogP contribution in [0.2, 0.25) is 0 Å². The molecule has 1 aliphatic heterocycles. The van der Waals surface area contributed by atoms with Crippen molar-refractivity contribution in [2.75, 3.05) is 39.8 Å². The van der Waals surface area contributed by atoms with E-state index in [0.717, 1.165) is 54.2 Å². The summed E-state index contributed by atoms with van der Waals surface area (Å²) >= 11 is 0. The molecular formula is C16H26N2O2. The highest BCUT2D eigenvalue weighted by atomic mass is 16.5. The zero-order valence-electron chi connectivity index (χ0n) is 13.0. The van der Waals surface area contributed by atoms with Crippen molar-refractivity contribution in [1.29, 1.82) is 0 Å². The monoisotopic (exact) mass is 278 g/mol. The van der Waals surface area contributed by atoms with Gasteiger partial charge in [-0.1, -0.05) is 0 Å². The summed E-state index contributed by atoms with van der Waals surface area (Å²) in [5.74, 6) is 0.931. The van der Waals surface area contributed by atoms with Crippen molar-refractivity contribution < 1.29 is 9.84 Å². The zero-order chi connectivity index (χ0) is 14.7. The van der Waals surface area contributed by atoms with Crippen molar-refractivity contribution in [3.05, 3.63) is 28.3 Å². The van der Waals surface area contributed by atoms with Gasteiger partial charge in [-0.05, 0) is 49.1 Å². The smallest absolute Gasteiger partial charge is 0.124 e. The molecule has 2 rings (SSSR count). The Morgan fingerprint density at radius 2 is 1.90 bits per heavy atom. The Balaban J connectivity index is 2.19. The van der Waals surface area contributed by atoms with Crippen LogP contribution in [-0.2, 0) is 0 Å². The summed E-state index contributed by atoms with van der Waals surface area (Å²) < 4.78 is 5.44. The number of ether oxygens (including phenoxy) is 1. The molecule has 20 heavy (non-hydrogen) atoms. The van der Waals surface area contributed by atoms with Gasteiger partial charge in [-0.3, -0.25) is 4.90 Å². The number of aryl methyl sites for hydroxylation is 1. The lowest BCUT2D eigenvalue weighted by molar-refractivity contribution is 0.105. The van der Waals surface area contributed by atoms with E-state index < -0.39 is 6.10 Å². The van der Waals surface area contributed by atoms with Gasteiger partial charge in [-0.15, -0.1) is 0 Å². The average Bonchev–Trinajstić information content (AvgIpc) is 2.44. The fourth-order valence-electron chi connectivity index (χ4n) is 2.99. The van der Waals surface area contributed by atoms with E-state index in [1.54, 1.807) is 7.11 Å². The molecule has 1 unspecified atom stereocenters. The lowest BCUT2D eigenvalue weighted by Gasteiger charge is -2.30. The third kappa shape index (κ3) is 3.14. The first-order chi connectivity index (χ1) is 9.54. The van der Waals surface area contributed by atoms with E-state index in [2.05, 4.69) is 30.1 Å². The minimum absolute atomic E-state index is 0.434. The molecule has 0 aliphatic carbocycles. The van der Waals surface area contributed by atoms with Gasteiger partial charge in [-0.2, -0.15) is 0 Å². The second-order valence-corrected chi connectivity index (χ2v) is 5.63. The maximum absolute atomic E-state index is 10.6. The van der Waals surface area contributed by atoms with E-state index in [-0.39, 0.29) is 0 Å². The molecule has 1 fully saturated rings. The highest BCUT2D eigenvalue weighted by Crippen LogP contribution is 2.31. The number of hydrogen-bond acceptors (Lipinski definition) is 4. The van der Waals surface area contributed by atoms with Gasteiger partial charge in [0, 0.05) is 32.7 Å². The van der Waals surface area contributed by atoms with Gasteiger partial charge >= 0.3 is 0 Å². The van der Waals surface area contributed by atoms with Crippen LogP contribution in [-0.4, -0.2) is 49.8 Å². The van der Waals surface area contributed by atoms with Crippen LogP contribution in [0, 0.1) is 20.8 Å². The summed E-state index contributed by atoms with van der Waals surface area (Å²) in [6.07, 6.45) is -0.434. The van der Waals surface area contributed by atoms with Gasteiger partial charge in [0.1, 0.15) is 5.75 Å². The maximum Gasteiger partial charge on any atom is 0.124 e. The molecule has 0 amide bonds. The Morgan fingerprint density at radius 1 is 1.25 bits per heavy atom. The predicted octanol–water partition coefficient (Wildman–Crippen LogP) is 1.56. The molecule has 0 saturated carbocycles. The van der Waals surface area contributed by atoms with Gasteiger partial charge in [0.2, 0.25) is 0 Å². The Kier molecular flexibility index (Phi) is 5.02. The zero-order valence-corrected chi connectivity index (χ0v) is 13.0. The number of hydrogen-bond donors (Lipinski definition) is 2. The average molecular weight is 278 g/mol. The Morgan fingerprint density at radius 3 is 2.50 bits per heavy atom. The SMILES string of the molecule is COc1c(C)cc(C(O)CN2CCNCC2)c(C)c1C. The first-order valence-corrected chi connectivity index (χ1v) is 7.30. The predicted molar refractivity (Wildman–Crippen MR) is 81.5 cm³/mol. The summed E-state index contributed by atoms with van der Waals surface area (Å²) in [7, 11) is 1.70. The van der Waals surface area contributed by atoms with Crippen molar-refractivity contribution in [1.82, 2.24) is 10.2 Å². The van der Waals surface area contributed by atoms with E-state index in [1.165, 1.54) is 0 Å². The summed E-state index contributed by atoms with van der Waals surface area (Å²) in [6.45, 7) is 10.9. The molecule has 1 aromatic carbocycles. The van der Waals surface area contributed by atoms with Crippen molar-refractivity contribution >= 4 is 0 Å².